The van der Waals surface area contributed by atoms with Gasteiger partial charge in [0.2, 0.25) is 5.91 Å². The van der Waals surface area contributed by atoms with Crippen molar-refractivity contribution in [3.05, 3.63) is 114 Å². The molecule has 176 valence electrons. The summed E-state index contributed by atoms with van der Waals surface area (Å²) in [6.45, 7) is 1.41. The summed E-state index contributed by atoms with van der Waals surface area (Å²) in [5.41, 5.74) is 3.20. The highest BCUT2D eigenvalue weighted by molar-refractivity contribution is 5.90. The van der Waals surface area contributed by atoms with Gasteiger partial charge in [-0.2, -0.15) is 0 Å². The van der Waals surface area contributed by atoms with Crippen LogP contribution in [0, 0.1) is 5.82 Å². The van der Waals surface area contributed by atoms with Crippen LogP contribution < -0.4 is 10.1 Å². The Balaban J connectivity index is 1.45. The van der Waals surface area contributed by atoms with E-state index in [0.717, 1.165) is 16.8 Å². The third-order valence-corrected chi connectivity index (χ3v) is 5.41. The summed E-state index contributed by atoms with van der Waals surface area (Å²) >= 11 is 0. The molecule has 0 spiro atoms. The highest BCUT2D eigenvalue weighted by Crippen LogP contribution is 2.25. The molecule has 35 heavy (non-hydrogen) atoms. The fraction of sp³-hybridized carbons (Fsp3) is 0.138. The molecule has 0 aliphatic rings. The Labute approximate surface area is 203 Å². The number of hydrogen-bond acceptors (Lipinski definition) is 4. The smallest absolute Gasteiger partial charge is 0.217 e. The van der Waals surface area contributed by atoms with E-state index in [1.54, 1.807) is 18.2 Å². The van der Waals surface area contributed by atoms with Crippen LogP contribution >= 0.6 is 0 Å². The molecule has 0 radical (unpaired) electrons. The van der Waals surface area contributed by atoms with Gasteiger partial charge in [-0.1, -0.05) is 36.4 Å². The molecule has 1 heterocycles. The number of hydrogen-bond donors (Lipinski definition) is 1. The molecule has 6 heteroatoms. The van der Waals surface area contributed by atoms with Crippen LogP contribution in [0.1, 0.15) is 18.2 Å². The van der Waals surface area contributed by atoms with Gasteiger partial charge in [0.25, 0.3) is 0 Å². The first kappa shape index (κ1) is 23.8. The maximum absolute atomic E-state index is 13.1. The second-order valence-electron chi connectivity index (χ2n) is 8.18. The number of ether oxygens (including phenoxy) is 1. The van der Waals surface area contributed by atoms with Crippen molar-refractivity contribution in [2.45, 2.75) is 25.8 Å². The minimum atomic E-state index is -0.622. The maximum atomic E-state index is 13.1. The largest absolute Gasteiger partial charge is 0.457 e. The van der Waals surface area contributed by atoms with Gasteiger partial charge in [-0.3, -0.25) is 14.6 Å². The summed E-state index contributed by atoms with van der Waals surface area (Å²) in [5, 5.41) is 2.77. The van der Waals surface area contributed by atoms with E-state index in [-0.39, 0.29) is 23.9 Å². The Morgan fingerprint density at radius 2 is 1.51 bits per heavy atom. The number of pyridine rings is 1. The van der Waals surface area contributed by atoms with Crippen molar-refractivity contribution >= 4 is 11.7 Å². The molecule has 0 fully saturated rings. The molecule has 4 aromatic rings. The van der Waals surface area contributed by atoms with Gasteiger partial charge in [0.05, 0.1) is 18.2 Å². The Morgan fingerprint density at radius 3 is 2.17 bits per heavy atom. The van der Waals surface area contributed by atoms with Crippen LogP contribution in [0.25, 0.3) is 11.3 Å². The standard InChI is InChI=1S/C29H25FN2O3/c1-20(33)31-28(18-21-6-3-2-4-7-21)29(34)19-24-8-5-9-27(32-24)22-10-14-25(15-11-22)35-26-16-12-23(30)13-17-26/h2-17,28H,18-19H2,1H3,(H,31,33)/t28-/m0/s1. The number of amides is 1. The summed E-state index contributed by atoms with van der Waals surface area (Å²) in [7, 11) is 0. The Morgan fingerprint density at radius 1 is 0.857 bits per heavy atom. The molecule has 0 unspecified atom stereocenters. The van der Waals surface area contributed by atoms with Crippen LogP contribution in [-0.2, 0) is 22.4 Å². The predicted octanol–water partition coefficient (Wildman–Crippen LogP) is 5.54. The highest BCUT2D eigenvalue weighted by atomic mass is 19.1. The SMILES string of the molecule is CC(=O)N[C@@H](Cc1ccccc1)C(=O)Cc1cccc(-c2ccc(Oc3ccc(F)cc3)cc2)n1. The van der Waals surface area contributed by atoms with Crippen molar-refractivity contribution in [2.75, 3.05) is 0 Å². The van der Waals surface area contributed by atoms with E-state index < -0.39 is 6.04 Å². The maximum Gasteiger partial charge on any atom is 0.217 e. The molecular formula is C29H25FN2O3. The number of ketones is 1. The van der Waals surface area contributed by atoms with Gasteiger partial charge in [0.1, 0.15) is 17.3 Å². The number of carbonyl (C=O) groups excluding carboxylic acids is 2. The lowest BCUT2D eigenvalue weighted by molar-refractivity contribution is -0.126. The molecule has 4 rings (SSSR count). The Kier molecular flexibility index (Phi) is 7.63. The number of aromatic nitrogens is 1. The van der Waals surface area contributed by atoms with Crippen molar-refractivity contribution in [3.8, 4) is 22.8 Å². The zero-order valence-corrected chi connectivity index (χ0v) is 19.3. The number of Topliss-reactive ketones (excluding diaryl/α,β-unsaturated/α-hetero) is 1. The lowest BCUT2D eigenvalue weighted by Crippen LogP contribution is -2.42. The summed E-state index contributed by atoms with van der Waals surface area (Å²) in [6.07, 6.45) is 0.534. The number of benzene rings is 3. The zero-order chi connectivity index (χ0) is 24.6. The molecule has 0 aliphatic carbocycles. The first-order valence-corrected chi connectivity index (χ1v) is 11.3. The lowest BCUT2D eigenvalue weighted by atomic mass is 9.99. The minimum absolute atomic E-state index is 0.100. The summed E-state index contributed by atoms with van der Waals surface area (Å²) in [4.78, 5) is 29.4. The van der Waals surface area contributed by atoms with Crippen molar-refractivity contribution in [3.63, 3.8) is 0 Å². The monoisotopic (exact) mass is 468 g/mol. The topological polar surface area (TPSA) is 68.3 Å². The predicted molar refractivity (Wildman–Crippen MR) is 133 cm³/mol. The van der Waals surface area contributed by atoms with Crippen LogP contribution in [-0.4, -0.2) is 22.7 Å². The molecule has 0 saturated heterocycles. The normalized spacial score (nSPS) is 11.5. The van der Waals surface area contributed by atoms with Crippen molar-refractivity contribution < 1.29 is 18.7 Å². The Hall–Kier alpha value is -4.32. The van der Waals surface area contributed by atoms with Crippen LogP contribution in [0.2, 0.25) is 0 Å². The lowest BCUT2D eigenvalue weighted by Gasteiger charge is -2.17. The van der Waals surface area contributed by atoms with Crippen LogP contribution in [0.15, 0.2) is 97.1 Å². The molecule has 0 saturated carbocycles. The third-order valence-electron chi connectivity index (χ3n) is 5.41. The van der Waals surface area contributed by atoms with Gasteiger partial charge in [-0.15, -0.1) is 0 Å². The van der Waals surface area contributed by atoms with Gasteiger partial charge < -0.3 is 10.1 Å². The quantitative estimate of drug-likeness (QED) is 0.350. The summed E-state index contributed by atoms with van der Waals surface area (Å²) in [6, 6.07) is 27.7. The van der Waals surface area contributed by atoms with E-state index in [9.17, 15) is 14.0 Å². The fourth-order valence-electron chi connectivity index (χ4n) is 3.71. The second-order valence-corrected chi connectivity index (χ2v) is 8.18. The average Bonchev–Trinajstić information content (AvgIpc) is 2.86. The van der Waals surface area contributed by atoms with Gasteiger partial charge >= 0.3 is 0 Å². The molecule has 1 amide bonds. The van der Waals surface area contributed by atoms with Gasteiger partial charge in [0, 0.05) is 18.2 Å². The van der Waals surface area contributed by atoms with Gasteiger partial charge in [-0.05, 0) is 72.6 Å². The van der Waals surface area contributed by atoms with Gasteiger partial charge in [0.15, 0.2) is 5.78 Å². The molecule has 3 aromatic carbocycles. The number of halogens is 1. The van der Waals surface area contributed by atoms with E-state index in [0.29, 0.717) is 23.6 Å². The van der Waals surface area contributed by atoms with E-state index in [1.165, 1.54) is 19.1 Å². The molecular weight excluding hydrogens is 443 g/mol. The Bertz CT molecular complexity index is 1290. The van der Waals surface area contributed by atoms with E-state index >= 15 is 0 Å². The first-order valence-electron chi connectivity index (χ1n) is 11.3. The van der Waals surface area contributed by atoms with Crippen LogP contribution in [0.3, 0.4) is 0 Å². The average molecular weight is 469 g/mol. The van der Waals surface area contributed by atoms with E-state index in [1.807, 2.05) is 66.7 Å². The minimum Gasteiger partial charge on any atom is -0.457 e. The van der Waals surface area contributed by atoms with Crippen LogP contribution in [0.4, 0.5) is 4.39 Å². The number of nitrogens with zero attached hydrogens (tertiary/aromatic N) is 1. The van der Waals surface area contributed by atoms with Gasteiger partial charge in [-0.25, -0.2) is 4.39 Å². The first-order chi connectivity index (χ1) is 17.0. The van der Waals surface area contributed by atoms with Crippen molar-refractivity contribution in [1.29, 1.82) is 0 Å². The third kappa shape index (κ3) is 6.84. The molecule has 0 aliphatic heterocycles. The van der Waals surface area contributed by atoms with Crippen molar-refractivity contribution in [2.24, 2.45) is 0 Å². The molecule has 1 atom stereocenters. The van der Waals surface area contributed by atoms with E-state index in [2.05, 4.69) is 10.3 Å². The highest BCUT2D eigenvalue weighted by Gasteiger charge is 2.21. The fourth-order valence-corrected chi connectivity index (χ4v) is 3.71. The number of carbonyl (C=O) groups is 2. The molecule has 0 bridgehead atoms. The zero-order valence-electron chi connectivity index (χ0n) is 19.3. The molecule has 5 nitrogen and oxygen atoms in total. The van der Waals surface area contributed by atoms with Crippen LogP contribution in [0.5, 0.6) is 11.5 Å². The molecule has 1 aromatic heterocycles. The van der Waals surface area contributed by atoms with E-state index in [4.69, 9.17) is 4.74 Å². The number of nitrogens with one attached hydrogen (secondary N) is 1. The number of rotatable bonds is 9. The van der Waals surface area contributed by atoms with Crippen molar-refractivity contribution in [1.82, 2.24) is 10.3 Å². The summed E-state index contributed by atoms with van der Waals surface area (Å²) < 4.78 is 18.8. The second kappa shape index (κ2) is 11.2. The molecule has 1 N–H and O–H groups in total. The summed E-state index contributed by atoms with van der Waals surface area (Å²) in [5.74, 6) is 0.494.